The van der Waals surface area contributed by atoms with Gasteiger partial charge in [0.15, 0.2) is 17.3 Å². The number of fused-ring (bicyclic) bond motifs is 1. The fourth-order valence-corrected chi connectivity index (χ4v) is 4.11. The van der Waals surface area contributed by atoms with Crippen LogP contribution in [0.5, 0.6) is 17.2 Å². The summed E-state index contributed by atoms with van der Waals surface area (Å²) in [5, 5.41) is 0. The molecule has 0 spiro atoms. The molecule has 0 N–H and O–H groups in total. The van der Waals surface area contributed by atoms with Crippen molar-refractivity contribution >= 4 is 5.69 Å². The number of rotatable bonds is 5. The zero-order valence-electron chi connectivity index (χ0n) is 16.4. The molecule has 2 heterocycles. The number of hydrogen-bond donors (Lipinski definition) is 0. The van der Waals surface area contributed by atoms with E-state index in [-0.39, 0.29) is 17.7 Å². The number of para-hydroxylation sites is 3. The van der Waals surface area contributed by atoms with Crippen LogP contribution in [-0.4, -0.2) is 57.4 Å². The first-order valence-corrected chi connectivity index (χ1v) is 9.82. The molecule has 1 saturated heterocycles. The average Bonchev–Trinajstić information content (AvgIpc) is 2.74. The van der Waals surface area contributed by atoms with E-state index in [0.29, 0.717) is 18.4 Å². The van der Waals surface area contributed by atoms with Gasteiger partial charge in [0, 0.05) is 25.7 Å². The maximum absolute atomic E-state index is 13.8. The van der Waals surface area contributed by atoms with Crippen LogP contribution in [0.1, 0.15) is 12.8 Å². The number of ether oxygens (including phenoxy) is 3. The van der Waals surface area contributed by atoms with Gasteiger partial charge in [-0.25, -0.2) is 4.39 Å². The minimum atomic E-state index is -0.368. The quantitative estimate of drug-likeness (QED) is 0.785. The molecule has 0 bridgehead atoms. The fourth-order valence-electron chi connectivity index (χ4n) is 4.11. The van der Waals surface area contributed by atoms with Gasteiger partial charge in [0.05, 0.1) is 12.8 Å². The number of benzene rings is 2. The highest BCUT2D eigenvalue weighted by atomic mass is 19.1. The first kappa shape index (κ1) is 18.9. The van der Waals surface area contributed by atoms with Crippen LogP contribution in [0, 0.1) is 5.82 Å². The third kappa shape index (κ3) is 3.87. The van der Waals surface area contributed by atoms with Crippen molar-refractivity contribution in [3.63, 3.8) is 0 Å². The number of nitrogens with zero attached hydrogens (tertiary/aromatic N) is 2. The van der Waals surface area contributed by atoms with Gasteiger partial charge in [-0.1, -0.05) is 18.2 Å². The summed E-state index contributed by atoms with van der Waals surface area (Å²) in [6.07, 6.45) is 2.06. The Balaban J connectivity index is 1.32. The minimum absolute atomic E-state index is 0.0912. The highest BCUT2D eigenvalue weighted by molar-refractivity contribution is 5.58. The molecular weight excluding hydrogens is 359 g/mol. The second-order valence-corrected chi connectivity index (χ2v) is 7.45. The molecule has 5 nitrogen and oxygen atoms in total. The third-order valence-corrected chi connectivity index (χ3v) is 5.64. The van der Waals surface area contributed by atoms with Crippen molar-refractivity contribution in [3.8, 4) is 17.2 Å². The van der Waals surface area contributed by atoms with Gasteiger partial charge in [-0.15, -0.1) is 0 Å². The van der Waals surface area contributed by atoms with Crippen LogP contribution in [0.2, 0.25) is 0 Å². The van der Waals surface area contributed by atoms with Gasteiger partial charge in [-0.2, -0.15) is 0 Å². The van der Waals surface area contributed by atoms with Crippen LogP contribution in [0.15, 0.2) is 42.5 Å². The summed E-state index contributed by atoms with van der Waals surface area (Å²) in [7, 11) is 3.85. The number of hydrogen-bond acceptors (Lipinski definition) is 5. The summed E-state index contributed by atoms with van der Waals surface area (Å²) in [6, 6.07) is 13.5. The summed E-state index contributed by atoms with van der Waals surface area (Å²) >= 11 is 0. The van der Waals surface area contributed by atoms with E-state index in [1.807, 2.05) is 12.1 Å². The van der Waals surface area contributed by atoms with E-state index >= 15 is 0 Å². The van der Waals surface area contributed by atoms with Crippen LogP contribution in [-0.2, 0) is 0 Å². The van der Waals surface area contributed by atoms with Crippen molar-refractivity contribution in [2.24, 2.45) is 0 Å². The summed E-state index contributed by atoms with van der Waals surface area (Å²) < 4.78 is 30.8. The second-order valence-electron chi connectivity index (χ2n) is 7.45. The van der Waals surface area contributed by atoms with Gasteiger partial charge in [0.1, 0.15) is 18.5 Å². The largest absolute Gasteiger partial charge is 0.495 e. The molecular formula is C22H27FN2O3. The first-order chi connectivity index (χ1) is 13.7. The highest BCUT2D eigenvalue weighted by Crippen LogP contribution is 2.34. The first-order valence-electron chi connectivity index (χ1n) is 9.82. The lowest BCUT2D eigenvalue weighted by Gasteiger charge is -2.39. The summed E-state index contributed by atoms with van der Waals surface area (Å²) in [5.41, 5.74) is 1.16. The Hall–Kier alpha value is -2.47. The molecule has 0 saturated carbocycles. The van der Waals surface area contributed by atoms with Crippen molar-refractivity contribution < 1.29 is 18.6 Å². The Labute approximate surface area is 165 Å². The van der Waals surface area contributed by atoms with Gasteiger partial charge in [-0.05, 0) is 44.2 Å². The van der Waals surface area contributed by atoms with Crippen LogP contribution < -0.4 is 19.1 Å². The number of methoxy groups -OCH3 is 1. The Morgan fingerprint density at radius 1 is 1.14 bits per heavy atom. The van der Waals surface area contributed by atoms with Crippen LogP contribution in [0.25, 0.3) is 0 Å². The molecule has 6 heteroatoms. The van der Waals surface area contributed by atoms with Crippen LogP contribution >= 0.6 is 0 Å². The van der Waals surface area contributed by atoms with Crippen molar-refractivity contribution in [2.45, 2.75) is 25.0 Å². The Morgan fingerprint density at radius 2 is 1.93 bits per heavy atom. The lowest BCUT2D eigenvalue weighted by molar-refractivity contribution is 0.0481. The maximum atomic E-state index is 13.8. The fraction of sp³-hybridized carbons (Fsp3) is 0.455. The Bertz CT molecular complexity index is 808. The molecule has 0 aliphatic carbocycles. The van der Waals surface area contributed by atoms with Gasteiger partial charge < -0.3 is 19.1 Å². The summed E-state index contributed by atoms with van der Waals surface area (Å²) in [6.45, 7) is 3.12. The van der Waals surface area contributed by atoms with Gasteiger partial charge >= 0.3 is 0 Å². The third-order valence-electron chi connectivity index (χ3n) is 5.64. The van der Waals surface area contributed by atoms with Gasteiger partial charge in [0.2, 0.25) is 0 Å². The normalized spacial score (nSPS) is 19.7. The predicted molar refractivity (Wildman–Crippen MR) is 107 cm³/mol. The Morgan fingerprint density at radius 3 is 2.71 bits per heavy atom. The number of anilines is 1. The Kier molecular flexibility index (Phi) is 5.57. The zero-order chi connectivity index (χ0) is 19.5. The van der Waals surface area contributed by atoms with E-state index in [0.717, 1.165) is 43.9 Å². The molecule has 150 valence electrons. The van der Waals surface area contributed by atoms with E-state index < -0.39 is 0 Å². The van der Waals surface area contributed by atoms with E-state index in [4.69, 9.17) is 14.2 Å². The number of piperidine rings is 1. The molecule has 1 atom stereocenters. The standard InChI is InChI=1S/C22H27FN2O3/c1-24(14-17-15-27-22-18(23)6-5-9-21(22)28-17)16-10-12-25(13-11-16)19-7-3-4-8-20(19)26-2/h3-9,16-17H,10-15H2,1-2H3. The van der Waals surface area contributed by atoms with E-state index in [1.54, 1.807) is 19.2 Å². The molecule has 2 aromatic carbocycles. The molecule has 2 aromatic rings. The molecule has 28 heavy (non-hydrogen) atoms. The van der Waals surface area contributed by atoms with Crippen molar-refractivity contribution in [1.82, 2.24) is 4.90 Å². The van der Waals surface area contributed by atoms with Crippen LogP contribution in [0.3, 0.4) is 0 Å². The molecule has 4 rings (SSSR count). The summed E-state index contributed by atoms with van der Waals surface area (Å²) in [4.78, 5) is 4.74. The van der Waals surface area contributed by atoms with E-state index in [2.05, 4.69) is 29.0 Å². The molecule has 0 radical (unpaired) electrons. The average molecular weight is 386 g/mol. The minimum Gasteiger partial charge on any atom is -0.495 e. The zero-order valence-corrected chi connectivity index (χ0v) is 16.4. The van der Waals surface area contributed by atoms with Crippen molar-refractivity contribution in [2.75, 3.05) is 45.3 Å². The molecule has 2 aliphatic heterocycles. The molecule has 0 amide bonds. The van der Waals surface area contributed by atoms with Crippen LogP contribution in [0.4, 0.5) is 10.1 Å². The topological polar surface area (TPSA) is 34.2 Å². The number of likely N-dealkylation sites (N-methyl/N-ethyl adjacent to an activating group) is 1. The molecule has 1 fully saturated rings. The van der Waals surface area contributed by atoms with Gasteiger partial charge in [0.25, 0.3) is 0 Å². The molecule has 1 unspecified atom stereocenters. The maximum Gasteiger partial charge on any atom is 0.197 e. The second kappa shape index (κ2) is 8.27. The SMILES string of the molecule is COc1ccccc1N1CCC(N(C)CC2COc3c(F)cccc3O2)CC1. The lowest BCUT2D eigenvalue weighted by Crippen LogP contribution is -2.48. The van der Waals surface area contributed by atoms with Crippen molar-refractivity contribution in [1.29, 1.82) is 0 Å². The molecule has 0 aromatic heterocycles. The predicted octanol–water partition coefficient (Wildman–Crippen LogP) is 3.57. The molecule has 2 aliphatic rings. The van der Waals surface area contributed by atoms with E-state index in [9.17, 15) is 4.39 Å². The smallest absolute Gasteiger partial charge is 0.197 e. The highest BCUT2D eigenvalue weighted by Gasteiger charge is 2.29. The van der Waals surface area contributed by atoms with E-state index in [1.165, 1.54) is 6.07 Å². The summed E-state index contributed by atoms with van der Waals surface area (Å²) in [5.74, 6) is 1.28. The van der Waals surface area contributed by atoms with Crippen molar-refractivity contribution in [3.05, 3.63) is 48.3 Å². The monoisotopic (exact) mass is 386 g/mol. The number of halogens is 1. The van der Waals surface area contributed by atoms with Gasteiger partial charge in [-0.3, -0.25) is 4.90 Å². The lowest BCUT2D eigenvalue weighted by atomic mass is 10.0.